The van der Waals surface area contributed by atoms with Gasteiger partial charge in [0.1, 0.15) is 0 Å². The number of rotatable bonds is 5. The molecule has 1 atom stereocenters. The molecule has 0 saturated heterocycles. The van der Waals surface area contributed by atoms with Crippen LogP contribution in [-0.4, -0.2) is 20.5 Å². The summed E-state index contributed by atoms with van der Waals surface area (Å²) in [6.07, 6.45) is 0. The van der Waals surface area contributed by atoms with Crippen LogP contribution in [0.3, 0.4) is 0 Å². The summed E-state index contributed by atoms with van der Waals surface area (Å²) < 4.78 is 27.2. The Morgan fingerprint density at radius 3 is 2.38 bits per heavy atom. The van der Waals surface area contributed by atoms with Crippen LogP contribution in [0.4, 0.5) is 0 Å². The van der Waals surface area contributed by atoms with Gasteiger partial charge >= 0.3 is 0 Å². The average Bonchev–Trinajstić information content (AvgIpc) is 2.27. The van der Waals surface area contributed by atoms with E-state index in [0.29, 0.717) is 5.56 Å². The third-order valence-corrected chi connectivity index (χ3v) is 3.28. The third kappa shape index (κ3) is 3.53. The van der Waals surface area contributed by atoms with E-state index in [-0.39, 0.29) is 4.99 Å². The van der Waals surface area contributed by atoms with Gasteiger partial charge in [-0.2, -0.15) is 13.1 Å². The minimum absolute atomic E-state index is 0.0741. The van der Waals surface area contributed by atoms with Crippen molar-refractivity contribution in [1.82, 2.24) is 9.44 Å². The van der Waals surface area contributed by atoms with E-state index in [1.165, 1.54) is 7.05 Å². The van der Waals surface area contributed by atoms with E-state index >= 15 is 0 Å². The maximum absolute atomic E-state index is 11.4. The number of hydrogen-bond donors (Lipinski definition) is 3. The van der Waals surface area contributed by atoms with Crippen molar-refractivity contribution in [2.24, 2.45) is 5.73 Å². The van der Waals surface area contributed by atoms with Gasteiger partial charge in [-0.15, -0.1) is 0 Å². The highest BCUT2D eigenvalue weighted by atomic mass is 32.2. The molecule has 7 heteroatoms. The van der Waals surface area contributed by atoms with E-state index in [9.17, 15) is 8.42 Å². The monoisotopic (exact) mass is 259 g/mol. The smallest absolute Gasteiger partial charge is 0.277 e. The summed E-state index contributed by atoms with van der Waals surface area (Å²) in [4.78, 5) is 0.0741. The quantitative estimate of drug-likeness (QED) is 0.653. The highest BCUT2D eigenvalue weighted by Crippen LogP contribution is 2.13. The average molecular weight is 259 g/mol. The Balaban J connectivity index is 2.99. The van der Waals surface area contributed by atoms with Crippen molar-refractivity contribution in [1.29, 1.82) is 0 Å². The van der Waals surface area contributed by atoms with E-state index in [2.05, 4.69) is 9.44 Å². The predicted octanol–water partition coefficient (Wildman–Crippen LogP) is 0.0676. The molecule has 0 amide bonds. The largest absolute Gasteiger partial charge is 0.392 e. The molecular formula is C9H13N3O2S2. The lowest BCUT2D eigenvalue weighted by Gasteiger charge is -2.17. The number of nitrogens with one attached hydrogen (secondary N) is 2. The molecule has 0 saturated carbocycles. The van der Waals surface area contributed by atoms with Crippen molar-refractivity contribution in [3.8, 4) is 0 Å². The van der Waals surface area contributed by atoms with Crippen molar-refractivity contribution >= 4 is 27.4 Å². The van der Waals surface area contributed by atoms with E-state index < -0.39 is 16.3 Å². The summed E-state index contributed by atoms with van der Waals surface area (Å²) in [7, 11) is -2.27. The topological polar surface area (TPSA) is 84.2 Å². The predicted molar refractivity (Wildman–Crippen MR) is 67.1 cm³/mol. The zero-order valence-corrected chi connectivity index (χ0v) is 10.3. The lowest BCUT2D eigenvalue weighted by Crippen LogP contribution is -2.41. The van der Waals surface area contributed by atoms with Crippen LogP contribution in [0, 0.1) is 0 Å². The Bertz CT molecular complexity index is 459. The Kier molecular flexibility index (Phi) is 4.36. The maximum atomic E-state index is 11.4. The van der Waals surface area contributed by atoms with Crippen LogP contribution in [0.1, 0.15) is 11.6 Å². The molecule has 0 aliphatic carbocycles. The van der Waals surface area contributed by atoms with Gasteiger partial charge in [0.05, 0.1) is 11.0 Å². The molecule has 0 radical (unpaired) electrons. The molecule has 1 rings (SSSR count). The van der Waals surface area contributed by atoms with Crippen molar-refractivity contribution < 1.29 is 8.42 Å². The van der Waals surface area contributed by atoms with Crippen LogP contribution in [-0.2, 0) is 10.2 Å². The van der Waals surface area contributed by atoms with Gasteiger partial charge in [-0.1, -0.05) is 42.5 Å². The fourth-order valence-electron chi connectivity index (χ4n) is 1.15. The van der Waals surface area contributed by atoms with Crippen LogP contribution in [0.25, 0.3) is 0 Å². The van der Waals surface area contributed by atoms with Crippen LogP contribution in [0.5, 0.6) is 0 Å². The van der Waals surface area contributed by atoms with Gasteiger partial charge in [0.2, 0.25) is 0 Å². The second kappa shape index (κ2) is 5.35. The zero-order valence-electron chi connectivity index (χ0n) is 8.67. The fourth-order valence-corrected chi connectivity index (χ4v) is 2.11. The standard InChI is InChI=1S/C9H13N3O2S2/c1-11-16(13,14)12-8(9(10)15)7-5-3-2-4-6-7/h2-6,8,11-12H,1H3,(H2,10,15). The SMILES string of the molecule is CNS(=O)(=O)NC(C(N)=S)c1ccccc1. The minimum atomic E-state index is -3.58. The maximum Gasteiger partial charge on any atom is 0.277 e. The van der Waals surface area contributed by atoms with Crippen LogP contribution < -0.4 is 15.2 Å². The first-order valence-corrected chi connectivity index (χ1v) is 6.40. The van der Waals surface area contributed by atoms with E-state index in [1.54, 1.807) is 24.3 Å². The Morgan fingerprint density at radius 2 is 1.94 bits per heavy atom. The Morgan fingerprint density at radius 1 is 1.38 bits per heavy atom. The van der Waals surface area contributed by atoms with Crippen molar-refractivity contribution in [3.05, 3.63) is 35.9 Å². The molecule has 0 spiro atoms. The highest BCUT2D eigenvalue weighted by Gasteiger charge is 2.19. The van der Waals surface area contributed by atoms with Gasteiger partial charge in [0.15, 0.2) is 0 Å². The molecule has 4 N–H and O–H groups in total. The van der Waals surface area contributed by atoms with Gasteiger partial charge in [0.25, 0.3) is 10.2 Å². The first kappa shape index (κ1) is 13.0. The Hall–Kier alpha value is -1.02. The molecule has 0 aliphatic heterocycles. The molecule has 0 aromatic heterocycles. The molecule has 1 aromatic carbocycles. The number of hydrogen-bond acceptors (Lipinski definition) is 3. The second-order valence-corrected chi connectivity index (χ2v) is 5.19. The van der Waals surface area contributed by atoms with Gasteiger partial charge in [0, 0.05) is 7.05 Å². The van der Waals surface area contributed by atoms with Gasteiger partial charge in [-0.3, -0.25) is 0 Å². The van der Waals surface area contributed by atoms with E-state index in [1.807, 2.05) is 6.07 Å². The normalized spacial score (nSPS) is 13.3. The summed E-state index contributed by atoms with van der Waals surface area (Å²) in [5, 5.41) is 0. The molecule has 1 aromatic rings. The van der Waals surface area contributed by atoms with Gasteiger partial charge in [-0.25, -0.2) is 4.72 Å². The van der Waals surface area contributed by atoms with Crippen LogP contribution in [0.15, 0.2) is 30.3 Å². The molecule has 0 aliphatic rings. The summed E-state index contributed by atoms with van der Waals surface area (Å²) in [6, 6.07) is 8.20. The number of nitrogens with two attached hydrogens (primary N) is 1. The number of benzene rings is 1. The summed E-state index contributed by atoms with van der Waals surface area (Å²) in [5.74, 6) is 0. The molecule has 1 unspecified atom stereocenters. The summed E-state index contributed by atoms with van der Waals surface area (Å²) >= 11 is 4.84. The Labute approximate surface area is 100 Å². The molecular weight excluding hydrogens is 246 g/mol. The third-order valence-electron chi connectivity index (χ3n) is 1.96. The lowest BCUT2D eigenvalue weighted by molar-refractivity contribution is 0.569. The van der Waals surface area contributed by atoms with Gasteiger partial charge < -0.3 is 5.73 Å². The molecule has 88 valence electrons. The van der Waals surface area contributed by atoms with E-state index in [4.69, 9.17) is 18.0 Å². The van der Waals surface area contributed by atoms with Gasteiger partial charge in [-0.05, 0) is 5.56 Å². The van der Waals surface area contributed by atoms with Crippen molar-refractivity contribution in [2.45, 2.75) is 6.04 Å². The highest BCUT2D eigenvalue weighted by molar-refractivity contribution is 7.87. The molecule has 16 heavy (non-hydrogen) atoms. The summed E-state index contributed by atoms with van der Waals surface area (Å²) in [5.41, 5.74) is 6.21. The minimum Gasteiger partial charge on any atom is -0.392 e. The molecule has 0 heterocycles. The van der Waals surface area contributed by atoms with Crippen LogP contribution in [0.2, 0.25) is 0 Å². The summed E-state index contributed by atoms with van der Waals surface area (Å²) in [6.45, 7) is 0. The van der Waals surface area contributed by atoms with E-state index in [0.717, 1.165) is 0 Å². The molecule has 5 nitrogen and oxygen atoms in total. The van der Waals surface area contributed by atoms with Crippen molar-refractivity contribution in [3.63, 3.8) is 0 Å². The first-order valence-electron chi connectivity index (χ1n) is 4.51. The van der Waals surface area contributed by atoms with Crippen molar-refractivity contribution in [2.75, 3.05) is 7.05 Å². The molecule has 0 bridgehead atoms. The zero-order chi connectivity index (χ0) is 12.2. The van der Waals surface area contributed by atoms with Crippen LogP contribution >= 0.6 is 12.2 Å². The first-order chi connectivity index (χ1) is 7.46. The molecule has 0 fully saturated rings. The second-order valence-electron chi connectivity index (χ2n) is 3.07. The fraction of sp³-hybridized carbons (Fsp3) is 0.222. The lowest BCUT2D eigenvalue weighted by atomic mass is 10.1. The number of thiocarbonyl (C=S) groups is 1.